The van der Waals surface area contributed by atoms with E-state index in [1.807, 2.05) is 37.3 Å². The third-order valence-electron chi connectivity index (χ3n) is 5.07. The normalized spacial score (nSPS) is 17.2. The number of rotatable bonds is 7. The highest BCUT2D eigenvalue weighted by atomic mass is 16.6. The summed E-state index contributed by atoms with van der Waals surface area (Å²) < 4.78 is 16.3. The molecule has 0 spiro atoms. The maximum absolute atomic E-state index is 12.3. The summed E-state index contributed by atoms with van der Waals surface area (Å²) in [7, 11) is 0. The van der Waals surface area contributed by atoms with Crippen molar-refractivity contribution in [1.82, 2.24) is 0 Å². The van der Waals surface area contributed by atoms with Crippen molar-refractivity contribution in [3.63, 3.8) is 0 Å². The van der Waals surface area contributed by atoms with Gasteiger partial charge in [0.1, 0.15) is 30.8 Å². The molecule has 2 aromatic rings. The molecule has 0 saturated carbocycles. The number of nitrogens with zero attached hydrogens (tertiary/aromatic N) is 1. The summed E-state index contributed by atoms with van der Waals surface area (Å²) in [4.78, 5) is 26.7. The molecule has 0 unspecified atom stereocenters. The number of ether oxygens (including phenoxy) is 3. The lowest BCUT2D eigenvalue weighted by molar-refractivity contribution is -0.117. The molecule has 2 aliphatic heterocycles. The van der Waals surface area contributed by atoms with Crippen LogP contribution in [-0.2, 0) is 9.53 Å². The second-order valence-corrected chi connectivity index (χ2v) is 6.96. The maximum atomic E-state index is 12.3. The van der Waals surface area contributed by atoms with Gasteiger partial charge in [-0.1, -0.05) is 0 Å². The van der Waals surface area contributed by atoms with E-state index >= 15 is 0 Å². The Morgan fingerprint density at radius 3 is 2.62 bits per heavy atom. The SMILES string of the molecule is CCOc1ccc(OCCOC(=O)c2ccc3c(c2)NC(=O)[C@@H]2CCCN32)cc1. The minimum absolute atomic E-state index is 0.00993. The van der Waals surface area contributed by atoms with Crippen LogP contribution in [0.4, 0.5) is 11.4 Å². The summed E-state index contributed by atoms with van der Waals surface area (Å²) >= 11 is 0. The third kappa shape index (κ3) is 4.13. The van der Waals surface area contributed by atoms with E-state index in [-0.39, 0.29) is 25.2 Å². The molecule has 1 amide bonds. The highest BCUT2D eigenvalue weighted by Crippen LogP contribution is 2.37. The average molecular weight is 396 g/mol. The Balaban J connectivity index is 1.30. The van der Waals surface area contributed by atoms with Gasteiger partial charge in [-0.15, -0.1) is 0 Å². The van der Waals surface area contributed by atoms with Crippen molar-refractivity contribution in [2.75, 3.05) is 36.6 Å². The van der Waals surface area contributed by atoms with Crippen LogP contribution in [0.2, 0.25) is 0 Å². The van der Waals surface area contributed by atoms with Crippen LogP contribution in [0.3, 0.4) is 0 Å². The van der Waals surface area contributed by atoms with Gasteiger partial charge in [-0.05, 0) is 62.2 Å². The molecule has 0 aromatic heterocycles. The molecule has 4 rings (SSSR count). The van der Waals surface area contributed by atoms with Gasteiger partial charge in [0.25, 0.3) is 0 Å². The number of hydrogen-bond donors (Lipinski definition) is 1. The number of amides is 1. The Bertz CT molecular complexity index is 897. The van der Waals surface area contributed by atoms with Gasteiger partial charge in [0, 0.05) is 6.54 Å². The fourth-order valence-electron chi connectivity index (χ4n) is 3.73. The van der Waals surface area contributed by atoms with Crippen LogP contribution in [0.25, 0.3) is 0 Å². The molecule has 2 heterocycles. The lowest BCUT2D eigenvalue weighted by Gasteiger charge is -2.33. The molecule has 1 fully saturated rings. The Kier molecular flexibility index (Phi) is 5.55. The van der Waals surface area contributed by atoms with Crippen LogP contribution in [0, 0.1) is 0 Å². The number of carbonyl (C=O) groups excluding carboxylic acids is 2. The fourth-order valence-corrected chi connectivity index (χ4v) is 3.73. The molecular formula is C22H24N2O5. The van der Waals surface area contributed by atoms with Gasteiger partial charge < -0.3 is 24.4 Å². The minimum Gasteiger partial charge on any atom is -0.494 e. The van der Waals surface area contributed by atoms with Crippen molar-refractivity contribution in [2.24, 2.45) is 0 Å². The molecule has 2 aromatic carbocycles. The van der Waals surface area contributed by atoms with Crippen molar-refractivity contribution < 1.29 is 23.8 Å². The molecule has 0 aliphatic carbocycles. The second-order valence-electron chi connectivity index (χ2n) is 6.96. The zero-order chi connectivity index (χ0) is 20.2. The number of anilines is 2. The van der Waals surface area contributed by atoms with E-state index in [0.29, 0.717) is 23.6 Å². The molecule has 0 bridgehead atoms. The number of benzene rings is 2. The summed E-state index contributed by atoms with van der Waals surface area (Å²) in [5, 5.41) is 2.91. The van der Waals surface area contributed by atoms with E-state index in [4.69, 9.17) is 14.2 Å². The van der Waals surface area contributed by atoms with Gasteiger partial charge in [0.2, 0.25) is 5.91 Å². The molecule has 1 saturated heterocycles. The smallest absolute Gasteiger partial charge is 0.338 e. The topological polar surface area (TPSA) is 77.1 Å². The van der Waals surface area contributed by atoms with Gasteiger partial charge in [-0.3, -0.25) is 4.79 Å². The van der Waals surface area contributed by atoms with Crippen molar-refractivity contribution in [3.05, 3.63) is 48.0 Å². The van der Waals surface area contributed by atoms with E-state index in [0.717, 1.165) is 30.8 Å². The summed E-state index contributed by atoms with van der Waals surface area (Å²) in [6.07, 6.45) is 1.86. The molecule has 1 N–H and O–H groups in total. The molecule has 7 heteroatoms. The predicted molar refractivity (Wildman–Crippen MR) is 109 cm³/mol. The standard InChI is InChI=1S/C22H24N2O5/c1-2-27-16-6-8-17(9-7-16)28-12-13-29-22(26)15-5-10-19-18(14-15)23-21(25)20-4-3-11-24(19)20/h5-10,14,20H,2-4,11-13H2,1H3,(H,23,25)/t20-/m0/s1. The quantitative estimate of drug-likeness (QED) is 0.572. The van der Waals surface area contributed by atoms with Gasteiger partial charge in [0.15, 0.2) is 0 Å². The van der Waals surface area contributed by atoms with Crippen LogP contribution in [0.1, 0.15) is 30.1 Å². The van der Waals surface area contributed by atoms with E-state index in [2.05, 4.69) is 10.2 Å². The Labute approximate surface area is 169 Å². The summed E-state index contributed by atoms with van der Waals surface area (Å²) in [6, 6.07) is 12.5. The minimum atomic E-state index is -0.444. The first-order valence-corrected chi connectivity index (χ1v) is 9.90. The van der Waals surface area contributed by atoms with Crippen molar-refractivity contribution >= 4 is 23.3 Å². The predicted octanol–water partition coefficient (Wildman–Crippen LogP) is 3.24. The highest BCUT2D eigenvalue weighted by molar-refractivity contribution is 6.05. The third-order valence-corrected chi connectivity index (χ3v) is 5.07. The Morgan fingerprint density at radius 2 is 1.86 bits per heavy atom. The first-order chi connectivity index (χ1) is 14.2. The summed E-state index contributed by atoms with van der Waals surface area (Å²) in [5.74, 6) is 1.01. The van der Waals surface area contributed by atoms with Crippen molar-refractivity contribution in [3.8, 4) is 11.5 Å². The number of carbonyl (C=O) groups is 2. The van der Waals surface area contributed by atoms with Crippen molar-refractivity contribution in [1.29, 1.82) is 0 Å². The number of esters is 1. The van der Waals surface area contributed by atoms with Gasteiger partial charge in [-0.25, -0.2) is 4.79 Å². The Hall–Kier alpha value is -3.22. The monoisotopic (exact) mass is 396 g/mol. The summed E-state index contributed by atoms with van der Waals surface area (Å²) in [6.45, 7) is 3.78. The molecule has 152 valence electrons. The number of nitrogens with one attached hydrogen (secondary N) is 1. The number of hydrogen-bond acceptors (Lipinski definition) is 6. The first-order valence-electron chi connectivity index (χ1n) is 9.90. The highest BCUT2D eigenvalue weighted by Gasteiger charge is 2.36. The van der Waals surface area contributed by atoms with Gasteiger partial charge in [0.05, 0.1) is 23.5 Å². The lowest BCUT2D eigenvalue weighted by atomic mass is 10.1. The molecular weight excluding hydrogens is 372 g/mol. The van der Waals surface area contributed by atoms with E-state index in [9.17, 15) is 9.59 Å². The van der Waals surface area contributed by atoms with Crippen LogP contribution in [-0.4, -0.2) is 44.3 Å². The maximum Gasteiger partial charge on any atom is 0.338 e. The van der Waals surface area contributed by atoms with Gasteiger partial charge in [-0.2, -0.15) is 0 Å². The molecule has 7 nitrogen and oxygen atoms in total. The number of fused-ring (bicyclic) bond motifs is 3. The van der Waals surface area contributed by atoms with Crippen LogP contribution < -0.4 is 19.7 Å². The largest absolute Gasteiger partial charge is 0.494 e. The van der Waals surface area contributed by atoms with Gasteiger partial charge >= 0.3 is 5.97 Å². The first kappa shape index (κ1) is 19.1. The Morgan fingerprint density at radius 1 is 1.10 bits per heavy atom. The summed E-state index contributed by atoms with van der Waals surface area (Å²) in [5.41, 5.74) is 2.03. The zero-order valence-corrected chi connectivity index (χ0v) is 16.3. The second kappa shape index (κ2) is 8.43. The molecule has 1 atom stereocenters. The van der Waals surface area contributed by atoms with E-state index in [1.54, 1.807) is 12.1 Å². The molecule has 29 heavy (non-hydrogen) atoms. The van der Waals surface area contributed by atoms with E-state index < -0.39 is 5.97 Å². The van der Waals surface area contributed by atoms with E-state index in [1.165, 1.54) is 0 Å². The van der Waals surface area contributed by atoms with Crippen LogP contribution in [0.5, 0.6) is 11.5 Å². The molecule has 2 aliphatic rings. The van der Waals surface area contributed by atoms with Crippen LogP contribution >= 0.6 is 0 Å². The van der Waals surface area contributed by atoms with Crippen molar-refractivity contribution in [2.45, 2.75) is 25.8 Å². The fraction of sp³-hybridized carbons (Fsp3) is 0.364. The molecule has 0 radical (unpaired) electrons. The average Bonchev–Trinajstić information content (AvgIpc) is 3.23. The lowest BCUT2D eigenvalue weighted by Crippen LogP contribution is -2.43. The van der Waals surface area contributed by atoms with Crippen LogP contribution in [0.15, 0.2) is 42.5 Å². The zero-order valence-electron chi connectivity index (χ0n) is 16.3.